The quantitative estimate of drug-likeness (QED) is 0.288. The molecule has 2 aliphatic rings. The number of carbonyl (C=O) groups excluding carboxylic acids is 3. The van der Waals surface area contributed by atoms with Crippen LogP contribution in [0.25, 0.3) is 0 Å². The van der Waals surface area contributed by atoms with Gasteiger partial charge in [0.05, 0.1) is 46.2 Å². The monoisotopic (exact) mass is 387 g/mol. The molecule has 0 fully saturated rings. The predicted octanol–water partition coefficient (Wildman–Crippen LogP) is 1.68. The SMILES string of the molecule is CC1CCC2=C(C1)C(=O)N(CCOCCOCCOCCC(=O)Cl)C2=O. The lowest BCUT2D eigenvalue weighted by Crippen LogP contribution is -2.35. The number of hydrogen-bond donors (Lipinski definition) is 0. The lowest BCUT2D eigenvalue weighted by atomic mass is 9.86. The first-order valence-corrected chi connectivity index (χ1v) is 9.38. The number of halogens is 1. The highest BCUT2D eigenvalue weighted by atomic mass is 35.5. The molecule has 1 unspecified atom stereocenters. The molecule has 2 amide bonds. The lowest BCUT2D eigenvalue weighted by Gasteiger charge is -2.16. The maximum Gasteiger partial charge on any atom is 0.257 e. The van der Waals surface area contributed by atoms with Crippen molar-refractivity contribution >= 4 is 28.7 Å². The van der Waals surface area contributed by atoms with Gasteiger partial charge < -0.3 is 14.2 Å². The highest BCUT2D eigenvalue weighted by Crippen LogP contribution is 2.35. The highest BCUT2D eigenvalue weighted by Gasteiger charge is 2.39. The lowest BCUT2D eigenvalue weighted by molar-refractivity contribution is -0.138. The number of amides is 2. The van der Waals surface area contributed by atoms with Crippen LogP contribution in [0.3, 0.4) is 0 Å². The van der Waals surface area contributed by atoms with Crippen molar-refractivity contribution in [1.82, 2.24) is 4.90 Å². The van der Waals surface area contributed by atoms with Crippen molar-refractivity contribution in [2.75, 3.05) is 46.2 Å². The Morgan fingerprint density at radius 1 is 1.00 bits per heavy atom. The standard InChI is InChI=1S/C18H26ClNO6/c1-13-2-3-14-15(12-13)18(23)20(17(14)22)5-7-25-9-11-26-10-8-24-6-4-16(19)21/h13H,2-12H2,1H3. The summed E-state index contributed by atoms with van der Waals surface area (Å²) in [6.07, 6.45) is 2.56. The zero-order chi connectivity index (χ0) is 18.9. The molecule has 0 saturated heterocycles. The summed E-state index contributed by atoms with van der Waals surface area (Å²) in [5.74, 6) is 0.159. The van der Waals surface area contributed by atoms with E-state index < -0.39 is 5.24 Å². The Labute approximate surface area is 158 Å². The second-order valence-electron chi connectivity index (χ2n) is 6.51. The molecular weight excluding hydrogens is 362 g/mol. The van der Waals surface area contributed by atoms with Gasteiger partial charge in [-0.2, -0.15) is 0 Å². The van der Waals surface area contributed by atoms with Crippen LogP contribution in [0.5, 0.6) is 0 Å². The van der Waals surface area contributed by atoms with Gasteiger partial charge >= 0.3 is 0 Å². The van der Waals surface area contributed by atoms with Crippen molar-refractivity contribution in [2.24, 2.45) is 5.92 Å². The first-order valence-electron chi connectivity index (χ1n) is 9.00. The van der Waals surface area contributed by atoms with Crippen LogP contribution in [-0.2, 0) is 28.6 Å². The summed E-state index contributed by atoms with van der Waals surface area (Å²) in [7, 11) is 0. The van der Waals surface area contributed by atoms with Gasteiger partial charge in [0.25, 0.3) is 11.8 Å². The molecule has 8 heteroatoms. The van der Waals surface area contributed by atoms with E-state index in [1.165, 1.54) is 4.90 Å². The molecule has 0 aromatic carbocycles. The summed E-state index contributed by atoms with van der Waals surface area (Å²) in [6.45, 7) is 4.52. The summed E-state index contributed by atoms with van der Waals surface area (Å²) in [5, 5.41) is -0.417. The van der Waals surface area contributed by atoms with Crippen molar-refractivity contribution < 1.29 is 28.6 Å². The van der Waals surface area contributed by atoms with Crippen LogP contribution in [0.2, 0.25) is 0 Å². The average molecular weight is 388 g/mol. The molecule has 0 spiro atoms. The smallest absolute Gasteiger partial charge is 0.257 e. The van der Waals surface area contributed by atoms with Crippen LogP contribution >= 0.6 is 11.6 Å². The van der Waals surface area contributed by atoms with Crippen molar-refractivity contribution in [3.63, 3.8) is 0 Å². The number of carbonyl (C=O) groups is 3. The van der Waals surface area contributed by atoms with E-state index in [4.69, 9.17) is 25.8 Å². The molecule has 1 aliphatic carbocycles. The first-order chi connectivity index (χ1) is 12.5. The maximum absolute atomic E-state index is 12.4. The summed E-state index contributed by atoms with van der Waals surface area (Å²) < 4.78 is 15.9. The Morgan fingerprint density at radius 3 is 2.23 bits per heavy atom. The third-order valence-electron chi connectivity index (χ3n) is 4.46. The molecule has 0 N–H and O–H groups in total. The molecule has 0 saturated carbocycles. The Bertz CT molecular complexity index is 562. The van der Waals surface area contributed by atoms with E-state index in [0.29, 0.717) is 62.9 Å². The molecule has 0 aromatic heterocycles. The fourth-order valence-electron chi connectivity index (χ4n) is 3.04. The predicted molar refractivity (Wildman–Crippen MR) is 94.7 cm³/mol. The van der Waals surface area contributed by atoms with Crippen LogP contribution in [0, 0.1) is 5.92 Å². The molecule has 0 radical (unpaired) electrons. The van der Waals surface area contributed by atoms with Gasteiger partial charge in [-0.25, -0.2) is 0 Å². The van der Waals surface area contributed by atoms with Gasteiger partial charge in [0, 0.05) is 17.6 Å². The van der Waals surface area contributed by atoms with E-state index in [2.05, 4.69) is 6.92 Å². The van der Waals surface area contributed by atoms with Crippen LogP contribution < -0.4 is 0 Å². The fourth-order valence-corrected chi connectivity index (χ4v) is 3.12. The fraction of sp³-hybridized carbons (Fsp3) is 0.722. The van der Waals surface area contributed by atoms with Gasteiger partial charge in [-0.1, -0.05) is 6.92 Å². The van der Waals surface area contributed by atoms with Crippen LogP contribution in [0.4, 0.5) is 0 Å². The summed E-state index contributed by atoms with van der Waals surface area (Å²) >= 11 is 5.18. The Kier molecular flexibility index (Phi) is 8.71. The number of imide groups is 1. The van der Waals surface area contributed by atoms with Gasteiger partial charge in [0.1, 0.15) is 0 Å². The number of rotatable bonds is 12. The topological polar surface area (TPSA) is 82.1 Å². The molecule has 1 aliphatic heterocycles. The van der Waals surface area contributed by atoms with Crippen molar-refractivity contribution in [3.8, 4) is 0 Å². The Balaban J connectivity index is 1.51. The molecule has 1 heterocycles. The molecule has 0 bridgehead atoms. The van der Waals surface area contributed by atoms with E-state index in [0.717, 1.165) is 6.42 Å². The molecule has 0 aromatic rings. The van der Waals surface area contributed by atoms with Crippen molar-refractivity contribution in [3.05, 3.63) is 11.1 Å². The third kappa shape index (κ3) is 6.16. The van der Waals surface area contributed by atoms with E-state index in [1.54, 1.807) is 0 Å². The summed E-state index contributed by atoms with van der Waals surface area (Å²) in [5.41, 5.74) is 1.40. The largest absolute Gasteiger partial charge is 0.379 e. The minimum absolute atomic E-state index is 0.149. The van der Waals surface area contributed by atoms with Crippen LogP contribution in [-0.4, -0.2) is 68.1 Å². The van der Waals surface area contributed by atoms with E-state index in [1.807, 2.05) is 0 Å². The second kappa shape index (κ2) is 10.8. The van der Waals surface area contributed by atoms with E-state index in [9.17, 15) is 14.4 Å². The number of nitrogens with zero attached hydrogens (tertiary/aromatic N) is 1. The zero-order valence-corrected chi connectivity index (χ0v) is 15.9. The molecule has 2 rings (SSSR count). The Hall–Kier alpha value is -1.28. The summed E-state index contributed by atoms with van der Waals surface area (Å²) in [6, 6.07) is 0. The van der Waals surface area contributed by atoms with Crippen molar-refractivity contribution in [1.29, 1.82) is 0 Å². The summed E-state index contributed by atoms with van der Waals surface area (Å²) in [4.78, 5) is 36.5. The van der Waals surface area contributed by atoms with E-state index >= 15 is 0 Å². The van der Waals surface area contributed by atoms with Crippen LogP contribution in [0.1, 0.15) is 32.6 Å². The van der Waals surface area contributed by atoms with Gasteiger partial charge in [0.2, 0.25) is 5.24 Å². The second-order valence-corrected chi connectivity index (χ2v) is 6.93. The number of ether oxygens (including phenoxy) is 3. The first kappa shape index (κ1) is 21.0. The van der Waals surface area contributed by atoms with Crippen molar-refractivity contribution in [2.45, 2.75) is 32.6 Å². The molecule has 146 valence electrons. The van der Waals surface area contributed by atoms with Gasteiger partial charge in [0.15, 0.2) is 0 Å². The maximum atomic E-state index is 12.4. The normalized spacial score (nSPS) is 20.1. The molecular formula is C18H26ClNO6. The molecule has 7 nitrogen and oxygen atoms in total. The zero-order valence-electron chi connectivity index (χ0n) is 15.1. The van der Waals surface area contributed by atoms with Gasteiger partial charge in [-0.3, -0.25) is 19.3 Å². The van der Waals surface area contributed by atoms with Gasteiger partial charge in [-0.05, 0) is 36.8 Å². The molecule has 1 atom stereocenters. The minimum atomic E-state index is -0.417. The Morgan fingerprint density at radius 2 is 1.58 bits per heavy atom. The third-order valence-corrected chi connectivity index (χ3v) is 4.65. The molecule has 26 heavy (non-hydrogen) atoms. The van der Waals surface area contributed by atoms with E-state index in [-0.39, 0.29) is 31.4 Å². The van der Waals surface area contributed by atoms with Crippen LogP contribution in [0.15, 0.2) is 11.1 Å². The highest BCUT2D eigenvalue weighted by molar-refractivity contribution is 6.63. The number of hydrogen-bond acceptors (Lipinski definition) is 6. The van der Waals surface area contributed by atoms with Gasteiger partial charge in [-0.15, -0.1) is 0 Å². The minimum Gasteiger partial charge on any atom is -0.379 e. The average Bonchev–Trinajstić information content (AvgIpc) is 2.83.